The normalized spacial score (nSPS) is 13.9. The molecule has 0 bridgehead atoms. The van der Waals surface area contributed by atoms with E-state index in [0.717, 1.165) is 6.42 Å². The van der Waals surface area contributed by atoms with Crippen LogP contribution in [0.15, 0.2) is 0 Å². The molecule has 10 nitrogen and oxygen atoms in total. The third kappa shape index (κ3) is 12.1. The molecule has 18 heavy (non-hydrogen) atoms. The average Bonchev–Trinajstić information content (AvgIpc) is 2.14. The van der Waals surface area contributed by atoms with Crippen molar-refractivity contribution in [2.75, 3.05) is 6.61 Å². The Kier molecular flexibility index (Phi) is 9.67. The molecule has 0 radical (unpaired) electrons. The summed E-state index contributed by atoms with van der Waals surface area (Å²) in [6.45, 7) is 3.45. The molecule has 12 heteroatoms. The third-order valence-electron chi connectivity index (χ3n) is 1.30. The Morgan fingerprint density at radius 2 is 1.72 bits per heavy atom. The Morgan fingerprint density at radius 3 is 2.17 bits per heavy atom. The Bertz CT molecular complexity index is 403. The van der Waals surface area contributed by atoms with Crippen LogP contribution in [0.3, 0.4) is 0 Å². The lowest BCUT2D eigenvalue weighted by Crippen LogP contribution is -2.22. The third-order valence-corrected chi connectivity index (χ3v) is 2.37. The van der Waals surface area contributed by atoms with Gasteiger partial charge >= 0.3 is 20.8 Å². The van der Waals surface area contributed by atoms with Gasteiger partial charge in [-0.05, 0) is 13.3 Å². The monoisotopic (exact) mass is 311 g/mol. The zero-order chi connectivity index (χ0) is 13.5. The molecule has 0 aromatic heterocycles. The van der Waals surface area contributed by atoms with Gasteiger partial charge in [0.05, 0.1) is 0 Å². The molecule has 4 N–H and O–H groups in total. The number of ether oxygens (including phenoxy) is 1. The second-order valence-corrected chi connectivity index (χ2v) is 5.00. The highest BCUT2D eigenvalue weighted by Gasteiger charge is 2.22. The average molecular weight is 311 g/mol. The number of unbranched alkanes of at least 4 members (excludes halogenated alkanes) is 1. The lowest BCUT2D eigenvalue weighted by molar-refractivity contribution is -0.133. The predicted octanol–water partition coefficient (Wildman–Crippen LogP) is 0.324. The van der Waals surface area contributed by atoms with Crippen LogP contribution in [0.2, 0.25) is 0 Å². The first-order chi connectivity index (χ1) is 7.66. The van der Waals surface area contributed by atoms with Crippen molar-refractivity contribution >= 4 is 20.8 Å². The minimum Gasteiger partial charge on any atom is -0.352 e. The Hall–Kier alpha value is -0.340. The van der Waals surface area contributed by atoms with Crippen molar-refractivity contribution in [1.82, 2.24) is 6.15 Å². The van der Waals surface area contributed by atoms with Crippen molar-refractivity contribution in [3.63, 3.8) is 0 Å². The first-order valence-electron chi connectivity index (χ1n) is 4.56. The Labute approximate surface area is 106 Å². The van der Waals surface area contributed by atoms with Crippen LogP contribution >= 0.6 is 0 Å². The van der Waals surface area contributed by atoms with E-state index in [4.69, 9.17) is 9.29 Å². The highest BCUT2D eigenvalue weighted by Crippen LogP contribution is 2.06. The van der Waals surface area contributed by atoms with Gasteiger partial charge in [0.15, 0.2) is 6.29 Å². The van der Waals surface area contributed by atoms with Crippen LogP contribution < -0.4 is 6.15 Å². The van der Waals surface area contributed by atoms with Gasteiger partial charge in [-0.2, -0.15) is 16.8 Å². The standard InChI is InChI=1S/C6H14O9S2.H3N/c1-3-4-5-12-6(2)13-17(10,11)15-14-16(7,8)9;/h6H,3-5H2,1-2H3,(H,7,8,9);1H3. The van der Waals surface area contributed by atoms with E-state index >= 15 is 0 Å². The van der Waals surface area contributed by atoms with Crippen molar-refractivity contribution in [3.05, 3.63) is 0 Å². The first-order valence-corrected chi connectivity index (χ1v) is 7.26. The minimum atomic E-state index is -5.04. The summed E-state index contributed by atoms with van der Waals surface area (Å²) in [5.74, 6) is 0. The highest BCUT2D eigenvalue weighted by molar-refractivity contribution is 7.83. The van der Waals surface area contributed by atoms with E-state index in [1.165, 1.54) is 6.92 Å². The predicted molar refractivity (Wildman–Crippen MR) is 59.1 cm³/mol. The smallest absolute Gasteiger partial charge is 0.352 e. The minimum absolute atomic E-state index is 0. The number of hydrogen-bond acceptors (Lipinski definition) is 9. The zero-order valence-electron chi connectivity index (χ0n) is 9.94. The molecule has 0 aromatic rings. The molecule has 0 rings (SSSR count). The molecular formula is C6H17NO9S2. The second kappa shape index (κ2) is 8.71. The van der Waals surface area contributed by atoms with E-state index in [1.54, 1.807) is 0 Å². The fourth-order valence-corrected chi connectivity index (χ4v) is 1.65. The Balaban J connectivity index is 0. The van der Waals surface area contributed by atoms with Crippen LogP contribution in [0.1, 0.15) is 26.7 Å². The molecule has 0 saturated heterocycles. The highest BCUT2D eigenvalue weighted by atomic mass is 32.3. The zero-order valence-corrected chi connectivity index (χ0v) is 11.6. The quantitative estimate of drug-likeness (QED) is 0.199. The van der Waals surface area contributed by atoms with E-state index in [-0.39, 0.29) is 12.8 Å². The van der Waals surface area contributed by atoms with Gasteiger partial charge in [-0.3, -0.25) is 4.55 Å². The summed E-state index contributed by atoms with van der Waals surface area (Å²) in [5.41, 5.74) is 0. The molecule has 112 valence electrons. The van der Waals surface area contributed by atoms with Crippen molar-refractivity contribution in [2.24, 2.45) is 0 Å². The summed E-state index contributed by atoms with van der Waals surface area (Å²) in [5, 5.41) is 0. The topological polar surface area (TPSA) is 160 Å². The van der Waals surface area contributed by atoms with Crippen LogP contribution in [-0.4, -0.2) is 34.3 Å². The molecule has 0 aromatic carbocycles. The fraction of sp³-hybridized carbons (Fsp3) is 1.00. The molecule has 0 aliphatic rings. The summed E-state index contributed by atoms with van der Waals surface area (Å²) >= 11 is 0. The molecule has 0 aliphatic carbocycles. The van der Waals surface area contributed by atoms with Gasteiger partial charge in [-0.15, -0.1) is 0 Å². The molecule has 1 unspecified atom stereocenters. The van der Waals surface area contributed by atoms with E-state index in [0.29, 0.717) is 6.42 Å². The summed E-state index contributed by atoms with van der Waals surface area (Å²) in [4.78, 5) is 0. The fourth-order valence-electron chi connectivity index (χ4n) is 0.673. The van der Waals surface area contributed by atoms with Gasteiger partial charge < -0.3 is 10.9 Å². The summed E-state index contributed by atoms with van der Waals surface area (Å²) in [7, 11) is -9.77. The van der Waals surface area contributed by atoms with E-state index < -0.39 is 27.1 Å². The van der Waals surface area contributed by atoms with Crippen molar-refractivity contribution in [3.8, 4) is 0 Å². The van der Waals surface area contributed by atoms with Crippen LogP contribution in [0.5, 0.6) is 0 Å². The molecular weight excluding hydrogens is 294 g/mol. The molecule has 0 spiro atoms. The molecule has 0 aliphatic heterocycles. The maximum absolute atomic E-state index is 10.9. The molecule has 0 fully saturated rings. The summed E-state index contributed by atoms with van der Waals surface area (Å²) in [6.07, 6.45) is 0.384. The van der Waals surface area contributed by atoms with Gasteiger partial charge in [0.2, 0.25) is 0 Å². The maximum Gasteiger partial charge on any atom is 0.430 e. The summed E-state index contributed by atoms with van der Waals surface area (Å²) in [6, 6.07) is 0. The van der Waals surface area contributed by atoms with Crippen molar-refractivity contribution < 1.29 is 39.0 Å². The molecule has 0 saturated carbocycles. The van der Waals surface area contributed by atoms with Crippen molar-refractivity contribution in [1.29, 1.82) is 0 Å². The number of rotatable bonds is 9. The largest absolute Gasteiger partial charge is 0.430 e. The second-order valence-electron chi connectivity index (χ2n) is 2.86. The van der Waals surface area contributed by atoms with Gasteiger partial charge in [-0.25, -0.2) is 4.18 Å². The molecule has 1 atom stereocenters. The lowest BCUT2D eigenvalue weighted by atomic mass is 10.4. The Morgan fingerprint density at radius 1 is 1.17 bits per heavy atom. The van der Waals surface area contributed by atoms with Crippen LogP contribution in [0.4, 0.5) is 0 Å². The summed E-state index contributed by atoms with van der Waals surface area (Å²) < 4.78 is 65.6. The van der Waals surface area contributed by atoms with Gasteiger partial charge in [-0.1, -0.05) is 22.0 Å². The van der Waals surface area contributed by atoms with E-state index in [9.17, 15) is 16.8 Å². The lowest BCUT2D eigenvalue weighted by Gasteiger charge is -2.11. The van der Waals surface area contributed by atoms with E-state index in [1.807, 2.05) is 6.92 Å². The molecule has 0 amide bonds. The van der Waals surface area contributed by atoms with E-state index in [2.05, 4.69) is 12.9 Å². The first kappa shape index (κ1) is 20.0. The van der Waals surface area contributed by atoms with Crippen LogP contribution in [0, 0.1) is 0 Å². The van der Waals surface area contributed by atoms with Crippen molar-refractivity contribution in [2.45, 2.75) is 33.0 Å². The van der Waals surface area contributed by atoms with Gasteiger partial charge in [0.25, 0.3) is 0 Å². The molecule has 0 heterocycles. The van der Waals surface area contributed by atoms with Gasteiger partial charge in [0.1, 0.15) is 0 Å². The van der Waals surface area contributed by atoms with Gasteiger partial charge in [0, 0.05) is 6.61 Å². The number of hydrogen-bond donors (Lipinski definition) is 2. The van der Waals surface area contributed by atoms with Crippen LogP contribution in [-0.2, 0) is 38.4 Å². The maximum atomic E-state index is 10.9. The van der Waals surface area contributed by atoms with Crippen LogP contribution in [0.25, 0.3) is 0 Å². The SMILES string of the molecule is CCCCOC(C)OS(=O)(=O)OOS(=O)(=O)O.N.